The maximum Gasteiger partial charge on any atom is 0.264 e. The fourth-order valence-electron chi connectivity index (χ4n) is 6.43. The van der Waals surface area contributed by atoms with E-state index in [2.05, 4.69) is 83.0 Å². The maximum atomic E-state index is 12.9. The molecule has 0 aromatic heterocycles. The van der Waals surface area contributed by atoms with E-state index >= 15 is 0 Å². The van der Waals surface area contributed by atoms with Gasteiger partial charge in [-0.15, -0.1) is 0 Å². The van der Waals surface area contributed by atoms with E-state index in [0.717, 1.165) is 42.9 Å². The lowest BCUT2D eigenvalue weighted by atomic mass is 9.76. The van der Waals surface area contributed by atoms with Crippen LogP contribution in [0.4, 0.5) is 11.4 Å². The van der Waals surface area contributed by atoms with Crippen molar-refractivity contribution in [1.29, 1.82) is 0 Å². The molecule has 2 atom stereocenters. The van der Waals surface area contributed by atoms with Crippen molar-refractivity contribution in [2.75, 3.05) is 25.1 Å². The van der Waals surface area contributed by atoms with Crippen molar-refractivity contribution in [1.82, 2.24) is 5.32 Å². The largest absolute Gasteiger partial charge is 0.496 e. The Morgan fingerprint density at radius 1 is 0.854 bits per heavy atom. The molecule has 1 N–H and O–H groups in total. The van der Waals surface area contributed by atoms with E-state index in [1.807, 2.05) is 30.3 Å². The van der Waals surface area contributed by atoms with Gasteiger partial charge in [0.1, 0.15) is 5.75 Å². The van der Waals surface area contributed by atoms with E-state index in [1.54, 1.807) is 7.11 Å². The minimum atomic E-state index is -0.144. The van der Waals surface area contributed by atoms with Crippen LogP contribution in [0.15, 0.2) is 107 Å². The van der Waals surface area contributed by atoms with Crippen molar-refractivity contribution < 1.29 is 9.53 Å². The number of anilines is 1. The smallest absolute Gasteiger partial charge is 0.264 e. The van der Waals surface area contributed by atoms with Crippen LogP contribution in [-0.4, -0.2) is 31.3 Å². The molecule has 7 rings (SSSR count). The first kappa shape index (κ1) is 25.7. The maximum absolute atomic E-state index is 12.9. The Morgan fingerprint density at radius 3 is 2.05 bits per heavy atom. The lowest BCUT2D eigenvalue weighted by molar-refractivity contribution is -0.115. The molecule has 0 bridgehead atoms. The number of carbonyl (C=O) groups excluding carboxylic acids is 1. The number of rotatable bonds is 5. The zero-order valence-corrected chi connectivity index (χ0v) is 23.7. The van der Waals surface area contributed by atoms with Gasteiger partial charge in [0.15, 0.2) is 5.17 Å². The zero-order valence-electron chi connectivity index (χ0n) is 22.9. The average molecular weight is 558 g/mol. The Bertz CT molecular complexity index is 1590. The van der Waals surface area contributed by atoms with Crippen LogP contribution in [0.2, 0.25) is 0 Å². The summed E-state index contributed by atoms with van der Waals surface area (Å²) in [5.41, 5.74) is 8.46. The molecule has 0 saturated carbocycles. The van der Waals surface area contributed by atoms with Gasteiger partial charge in [0.25, 0.3) is 5.91 Å². The van der Waals surface area contributed by atoms with Gasteiger partial charge >= 0.3 is 0 Å². The number of para-hydroxylation sites is 1. The molecule has 0 radical (unpaired) electrons. The van der Waals surface area contributed by atoms with Crippen molar-refractivity contribution in [3.63, 3.8) is 0 Å². The highest BCUT2D eigenvalue weighted by Crippen LogP contribution is 2.50. The first-order chi connectivity index (χ1) is 20.2. The number of benzene rings is 4. The Hall–Kier alpha value is -4.29. The Labute approximate surface area is 245 Å². The number of amides is 1. The number of methoxy groups -OCH3 is 1. The molecule has 1 amide bonds. The molecule has 1 saturated heterocycles. The van der Waals surface area contributed by atoms with Gasteiger partial charge in [0, 0.05) is 36.2 Å². The fraction of sp³-hybridized carbons (Fsp3) is 0.200. The third kappa shape index (κ3) is 4.93. The normalized spacial score (nSPS) is 21.6. The highest BCUT2D eigenvalue weighted by atomic mass is 32.2. The molecule has 41 heavy (non-hydrogen) atoms. The van der Waals surface area contributed by atoms with Crippen LogP contribution in [0, 0.1) is 0 Å². The number of nitrogens with one attached hydrogen (secondary N) is 1. The van der Waals surface area contributed by atoms with Gasteiger partial charge in [-0.05, 0) is 71.1 Å². The standard InChI is InChI=1S/C35H31N3O2S/c1-40-31-15-9-8-14-25(31)20-32-34(39)37-35(41-32)36-26-21-29-27(23-10-4-2-5-11-23)16-18-38-19-17-28(30(22-26)33(29)38)24-12-6-3-7-13-24/h2-15,20-22,27-28H,16-19H2,1H3,(H,36,37,39)/b32-20-/t27-,28-/m1/s1. The highest BCUT2D eigenvalue weighted by molar-refractivity contribution is 8.18. The number of ether oxygens (including phenoxy) is 1. The minimum Gasteiger partial charge on any atom is -0.496 e. The van der Waals surface area contributed by atoms with Gasteiger partial charge in [-0.1, -0.05) is 78.9 Å². The second kappa shape index (κ2) is 10.9. The van der Waals surface area contributed by atoms with Gasteiger partial charge in [-0.2, -0.15) is 0 Å². The van der Waals surface area contributed by atoms with Gasteiger partial charge in [0.2, 0.25) is 0 Å². The van der Waals surface area contributed by atoms with Crippen molar-refractivity contribution in [2.45, 2.75) is 24.7 Å². The molecule has 3 aliphatic heterocycles. The van der Waals surface area contributed by atoms with Crippen molar-refractivity contribution >= 4 is 40.3 Å². The summed E-state index contributed by atoms with van der Waals surface area (Å²) in [5, 5.41) is 3.59. The lowest BCUT2D eigenvalue weighted by Crippen LogP contribution is -2.37. The third-order valence-corrected chi connectivity index (χ3v) is 9.22. The predicted molar refractivity (Wildman–Crippen MR) is 168 cm³/mol. The quantitative estimate of drug-likeness (QED) is 0.259. The molecular weight excluding hydrogens is 526 g/mol. The van der Waals surface area contributed by atoms with E-state index in [1.165, 1.54) is 39.7 Å². The minimum absolute atomic E-state index is 0.144. The molecule has 5 nitrogen and oxygen atoms in total. The van der Waals surface area contributed by atoms with E-state index in [0.29, 0.717) is 21.9 Å². The predicted octanol–water partition coefficient (Wildman–Crippen LogP) is 7.46. The molecule has 6 heteroatoms. The fourth-order valence-corrected chi connectivity index (χ4v) is 7.26. The zero-order chi connectivity index (χ0) is 27.8. The molecule has 204 valence electrons. The van der Waals surface area contributed by atoms with Crippen molar-refractivity contribution in [3.05, 3.63) is 130 Å². The molecule has 1 fully saturated rings. The summed E-state index contributed by atoms with van der Waals surface area (Å²) in [6.07, 6.45) is 4.01. The van der Waals surface area contributed by atoms with Crippen LogP contribution in [0.1, 0.15) is 52.5 Å². The van der Waals surface area contributed by atoms with Gasteiger partial charge in [-0.25, -0.2) is 4.99 Å². The van der Waals surface area contributed by atoms with Crippen LogP contribution in [-0.2, 0) is 4.79 Å². The first-order valence-corrected chi connectivity index (χ1v) is 14.9. The van der Waals surface area contributed by atoms with Crippen molar-refractivity contribution in [3.8, 4) is 5.75 Å². The number of thioether (sulfide) groups is 1. The van der Waals surface area contributed by atoms with Crippen LogP contribution >= 0.6 is 11.8 Å². The summed E-state index contributed by atoms with van der Waals surface area (Å²) in [5.74, 6) is 1.20. The van der Waals surface area contributed by atoms with E-state index in [4.69, 9.17) is 9.73 Å². The topological polar surface area (TPSA) is 53.9 Å². The van der Waals surface area contributed by atoms with E-state index in [9.17, 15) is 4.79 Å². The molecule has 3 aliphatic rings. The summed E-state index contributed by atoms with van der Waals surface area (Å²) >= 11 is 1.37. The number of hydrogen-bond acceptors (Lipinski definition) is 5. The van der Waals surface area contributed by atoms with E-state index < -0.39 is 0 Å². The summed E-state index contributed by atoms with van der Waals surface area (Å²) in [6, 6.07) is 33.8. The summed E-state index contributed by atoms with van der Waals surface area (Å²) in [7, 11) is 1.64. The highest BCUT2D eigenvalue weighted by Gasteiger charge is 2.35. The third-order valence-electron chi connectivity index (χ3n) is 8.31. The van der Waals surface area contributed by atoms with Crippen molar-refractivity contribution in [2.24, 2.45) is 4.99 Å². The summed E-state index contributed by atoms with van der Waals surface area (Å²) < 4.78 is 5.48. The Balaban J connectivity index is 1.31. The Morgan fingerprint density at radius 2 is 1.44 bits per heavy atom. The number of carbonyl (C=O) groups is 1. The van der Waals surface area contributed by atoms with E-state index in [-0.39, 0.29) is 5.91 Å². The monoisotopic (exact) mass is 557 g/mol. The second-order valence-electron chi connectivity index (χ2n) is 10.7. The molecule has 0 aliphatic carbocycles. The first-order valence-electron chi connectivity index (χ1n) is 14.1. The van der Waals surface area contributed by atoms with Crippen LogP contribution in [0.5, 0.6) is 5.75 Å². The molecular formula is C35H31N3O2S. The lowest BCUT2D eigenvalue weighted by Gasteiger charge is -2.43. The molecule has 0 unspecified atom stereocenters. The molecule has 3 heterocycles. The number of aliphatic imine (C=N–C) groups is 1. The van der Waals surface area contributed by atoms with Crippen LogP contribution < -0.4 is 15.0 Å². The summed E-state index contributed by atoms with van der Waals surface area (Å²) in [6.45, 7) is 2.11. The molecule has 4 aromatic carbocycles. The van der Waals surface area contributed by atoms with Gasteiger partial charge in [0.05, 0.1) is 17.7 Å². The Kier molecular flexibility index (Phi) is 6.85. The summed E-state index contributed by atoms with van der Waals surface area (Å²) in [4.78, 5) is 21.1. The average Bonchev–Trinajstić information content (AvgIpc) is 3.36. The van der Waals surface area contributed by atoms with Crippen LogP contribution in [0.3, 0.4) is 0 Å². The number of hydrogen-bond donors (Lipinski definition) is 1. The molecule has 0 spiro atoms. The van der Waals surface area contributed by atoms with Gasteiger partial charge < -0.3 is 15.0 Å². The van der Waals surface area contributed by atoms with Crippen LogP contribution in [0.25, 0.3) is 6.08 Å². The molecule has 4 aromatic rings. The van der Waals surface area contributed by atoms with Gasteiger partial charge in [-0.3, -0.25) is 4.79 Å². The number of amidine groups is 1. The number of nitrogens with zero attached hydrogens (tertiary/aromatic N) is 2. The second-order valence-corrected chi connectivity index (χ2v) is 11.7. The SMILES string of the molecule is COc1ccccc1/C=C1\SC(=Nc2cc3c4c(c2)[C@@H](c2ccccc2)CCN4CC[C@@H]3c2ccccc2)NC1=O.